The Labute approximate surface area is 291 Å². The predicted octanol–water partition coefficient (Wildman–Crippen LogP) is 14.8. The van der Waals surface area contributed by atoms with Gasteiger partial charge in [0, 0.05) is 0 Å². The summed E-state index contributed by atoms with van der Waals surface area (Å²) in [6.45, 7) is 8.37. The van der Waals surface area contributed by atoms with Crippen LogP contribution in [-0.2, 0) is 4.79 Å². The fourth-order valence-electron chi connectivity index (χ4n) is 7.09. The van der Waals surface area contributed by atoms with Crippen LogP contribution < -0.4 is 0 Å². The molecule has 0 saturated carbocycles. The fourth-order valence-corrected chi connectivity index (χ4v) is 7.09. The topological polar surface area (TPSA) is 40.5 Å². The molecule has 0 spiro atoms. The van der Waals surface area contributed by atoms with E-state index >= 15 is 0 Å². The zero-order chi connectivity index (χ0) is 33.6. The average molecular weight is 650 g/mol. The SMILES string of the molecule is CCCCCCCCCCCCCCCCCCCCN(CCCCCCCCCCCCCCCCCCCC)C(C)C(=O)O. The maximum absolute atomic E-state index is 11.7. The van der Waals surface area contributed by atoms with Crippen LogP contribution in [0.25, 0.3) is 0 Å². The van der Waals surface area contributed by atoms with Gasteiger partial charge in [-0.05, 0) is 32.9 Å². The molecular formula is C43H87NO2. The Morgan fingerprint density at radius 2 is 0.543 bits per heavy atom. The number of nitrogens with zero attached hydrogens (tertiary/aromatic N) is 1. The zero-order valence-electron chi connectivity index (χ0n) is 32.3. The summed E-state index contributed by atoms with van der Waals surface area (Å²) < 4.78 is 0. The molecule has 46 heavy (non-hydrogen) atoms. The fraction of sp³-hybridized carbons (Fsp3) is 0.977. The Morgan fingerprint density at radius 3 is 0.717 bits per heavy atom. The van der Waals surface area contributed by atoms with Crippen molar-refractivity contribution >= 4 is 5.97 Å². The second kappa shape index (κ2) is 38.9. The van der Waals surface area contributed by atoms with E-state index in [0.29, 0.717) is 0 Å². The summed E-state index contributed by atoms with van der Waals surface area (Å²) in [5, 5.41) is 9.61. The Balaban J connectivity index is 3.55. The lowest BCUT2D eigenvalue weighted by atomic mass is 10.0. The third kappa shape index (κ3) is 34.8. The summed E-state index contributed by atoms with van der Waals surface area (Å²) in [6.07, 6.45) is 50.1. The van der Waals surface area contributed by atoms with Gasteiger partial charge in [-0.2, -0.15) is 0 Å². The number of aliphatic carboxylic acids is 1. The van der Waals surface area contributed by atoms with Gasteiger partial charge in [-0.1, -0.05) is 232 Å². The molecule has 0 aliphatic rings. The van der Waals surface area contributed by atoms with Gasteiger partial charge in [0.1, 0.15) is 6.04 Å². The number of carbonyl (C=O) groups is 1. The summed E-state index contributed by atoms with van der Waals surface area (Å²) in [7, 11) is 0. The maximum Gasteiger partial charge on any atom is 0.320 e. The van der Waals surface area contributed by atoms with E-state index in [9.17, 15) is 9.90 Å². The zero-order valence-corrected chi connectivity index (χ0v) is 32.3. The molecule has 0 rings (SSSR count). The molecule has 0 aliphatic carbocycles. The second-order valence-electron chi connectivity index (χ2n) is 15.1. The standard InChI is InChI=1S/C43H87NO2/c1-4-6-8-10-12-14-16-18-20-22-24-26-28-30-32-34-36-38-40-44(42(3)43(45)46)41-39-37-35-33-31-29-27-25-23-21-19-17-15-13-11-9-7-5-2/h42H,4-41H2,1-3H3,(H,45,46). The van der Waals surface area contributed by atoms with Crippen molar-refractivity contribution in [1.82, 2.24) is 4.90 Å². The van der Waals surface area contributed by atoms with Crippen molar-refractivity contribution in [2.75, 3.05) is 13.1 Å². The van der Waals surface area contributed by atoms with Gasteiger partial charge in [0.25, 0.3) is 0 Å². The van der Waals surface area contributed by atoms with Crippen LogP contribution in [-0.4, -0.2) is 35.1 Å². The first-order valence-corrected chi connectivity index (χ1v) is 21.6. The van der Waals surface area contributed by atoms with E-state index in [4.69, 9.17) is 0 Å². The predicted molar refractivity (Wildman–Crippen MR) is 206 cm³/mol. The number of carboxylic acid groups (broad SMARTS) is 1. The quantitative estimate of drug-likeness (QED) is 0.0671. The highest BCUT2D eigenvalue weighted by Gasteiger charge is 2.19. The van der Waals surface area contributed by atoms with Crippen LogP contribution in [0, 0.1) is 0 Å². The molecule has 276 valence electrons. The molecule has 1 atom stereocenters. The number of unbranched alkanes of at least 4 members (excludes halogenated alkanes) is 34. The van der Waals surface area contributed by atoms with Gasteiger partial charge in [-0.3, -0.25) is 9.69 Å². The Kier molecular flexibility index (Phi) is 38.4. The molecule has 1 unspecified atom stereocenters. The highest BCUT2D eigenvalue weighted by molar-refractivity contribution is 5.72. The third-order valence-electron chi connectivity index (χ3n) is 10.5. The molecule has 0 aromatic rings. The Morgan fingerprint density at radius 1 is 0.370 bits per heavy atom. The van der Waals surface area contributed by atoms with Crippen LogP contribution in [0.5, 0.6) is 0 Å². The molecule has 0 saturated heterocycles. The molecule has 0 heterocycles. The summed E-state index contributed by atoms with van der Waals surface area (Å²) in [6, 6.07) is -0.350. The molecule has 1 N–H and O–H groups in total. The van der Waals surface area contributed by atoms with Crippen LogP contribution in [0.1, 0.15) is 252 Å². The van der Waals surface area contributed by atoms with Crippen molar-refractivity contribution in [3.63, 3.8) is 0 Å². The summed E-state index contributed by atoms with van der Waals surface area (Å²) >= 11 is 0. The largest absolute Gasteiger partial charge is 0.480 e. The third-order valence-corrected chi connectivity index (χ3v) is 10.5. The molecule has 0 aromatic carbocycles. The summed E-state index contributed by atoms with van der Waals surface area (Å²) in [5.41, 5.74) is 0. The van der Waals surface area contributed by atoms with Gasteiger partial charge in [0.15, 0.2) is 0 Å². The molecule has 0 radical (unpaired) electrons. The van der Waals surface area contributed by atoms with Crippen molar-refractivity contribution in [2.45, 2.75) is 258 Å². The Hall–Kier alpha value is -0.570. The molecule has 0 amide bonds. The lowest BCUT2D eigenvalue weighted by molar-refractivity contribution is -0.142. The van der Waals surface area contributed by atoms with E-state index in [1.54, 1.807) is 0 Å². The lowest BCUT2D eigenvalue weighted by Gasteiger charge is -2.26. The smallest absolute Gasteiger partial charge is 0.320 e. The number of hydrogen-bond acceptors (Lipinski definition) is 2. The van der Waals surface area contributed by atoms with E-state index in [2.05, 4.69) is 18.7 Å². The second-order valence-corrected chi connectivity index (χ2v) is 15.1. The molecule has 0 aromatic heterocycles. The minimum absolute atomic E-state index is 0.350. The minimum atomic E-state index is -0.662. The minimum Gasteiger partial charge on any atom is -0.480 e. The van der Waals surface area contributed by atoms with Crippen molar-refractivity contribution < 1.29 is 9.90 Å². The van der Waals surface area contributed by atoms with Crippen LogP contribution in [0.3, 0.4) is 0 Å². The van der Waals surface area contributed by atoms with Crippen LogP contribution >= 0.6 is 0 Å². The van der Waals surface area contributed by atoms with E-state index in [-0.39, 0.29) is 6.04 Å². The van der Waals surface area contributed by atoms with E-state index < -0.39 is 5.97 Å². The van der Waals surface area contributed by atoms with Crippen molar-refractivity contribution in [3.8, 4) is 0 Å². The first-order valence-electron chi connectivity index (χ1n) is 21.6. The van der Waals surface area contributed by atoms with Crippen LogP contribution in [0.4, 0.5) is 0 Å². The normalized spacial score (nSPS) is 12.3. The van der Waals surface area contributed by atoms with Crippen LogP contribution in [0.2, 0.25) is 0 Å². The van der Waals surface area contributed by atoms with Gasteiger partial charge in [0.2, 0.25) is 0 Å². The van der Waals surface area contributed by atoms with Crippen molar-refractivity contribution in [3.05, 3.63) is 0 Å². The van der Waals surface area contributed by atoms with Gasteiger partial charge < -0.3 is 5.11 Å². The summed E-state index contributed by atoms with van der Waals surface area (Å²) in [4.78, 5) is 13.9. The van der Waals surface area contributed by atoms with E-state index in [1.165, 1.54) is 218 Å². The monoisotopic (exact) mass is 650 g/mol. The lowest BCUT2D eigenvalue weighted by Crippen LogP contribution is -2.40. The molecular weight excluding hydrogens is 562 g/mol. The van der Waals surface area contributed by atoms with E-state index in [0.717, 1.165) is 25.9 Å². The summed E-state index contributed by atoms with van der Waals surface area (Å²) in [5.74, 6) is -0.662. The molecule has 3 nitrogen and oxygen atoms in total. The van der Waals surface area contributed by atoms with Gasteiger partial charge in [-0.25, -0.2) is 0 Å². The number of rotatable bonds is 40. The van der Waals surface area contributed by atoms with Gasteiger partial charge in [-0.15, -0.1) is 0 Å². The van der Waals surface area contributed by atoms with Gasteiger partial charge in [0.05, 0.1) is 0 Å². The highest BCUT2D eigenvalue weighted by atomic mass is 16.4. The first-order chi connectivity index (χ1) is 22.6. The molecule has 3 heteroatoms. The van der Waals surface area contributed by atoms with Gasteiger partial charge >= 0.3 is 5.97 Å². The van der Waals surface area contributed by atoms with Crippen molar-refractivity contribution in [1.29, 1.82) is 0 Å². The number of carboxylic acids is 1. The highest BCUT2D eigenvalue weighted by Crippen LogP contribution is 2.17. The average Bonchev–Trinajstić information content (AvgIpc) is 3.05. The number of hydrogen-bond donors (Lipinski definition) is 1. The first kappa shape index (κ1) is 45.4. The Bertz CT molecular complexity index is 539. The van der Waals surface area contributed by atoms with Crippen LogP contribution in [0.15, 0.2) is 0 Å². The maximum atomic E-state index is 11.7. The van der Waals surface area contributed by atoms with E-state index in [1.807, 2.05) is 6.92 Å². The van der Waals surface area contributed by atoms with Crippen molar-refractivity contribution in [2.24, 2.45) is 0 Å². The molecule has 0 aliphatic heterocycles. The molecule has 0 bridgehead atoms. The molecule has 0 fully saturated rings.